The number of benzene rings is 1. The van der Waals surface area contributed by atoms with Crippen molar-refractivity contribution < 1.29 is 0 Å². The van der Waals surface area contributed by atoms with Gasteiger partial charge in [-0.1, -0.05) is 35.3 Å². The smallest absolute Gasteiger partial charge is 0.0633 e. The van der Waals surface area contributed by atoms with Gasteiger partial charge in [-0.2, -0.15) is 0 Å². The average molecular weight is 264 g/mol. The van der Waals surface area contributed by atoms with Gasteiger partial charge in [-0.05, 0) is 43.3 Å². The summed E-state index contributed by atoms with van der Waals surface area (Å²) in [5.41, 5.74) is 2.69. The minimum absolute atomic E-state index is 0.640. The molecule has 17 heavy (non-hydrogen) atoms. The van der Waals surface area contributed by atoms with Crippen LogP contribution in [0.3, 0.4) is 0 Å². The van der Waals surface area contributed by atoms with E-state index in [0.29, 0.717) is 10.0 Å². The van der Waals surface area contributed by atoms with Gasteiger partial charge in [0.05, 0.1) is 5.69 Å². The third-order valence-electron chi connectivity index (χ3n) is 2.33. The van der Waals surface area contributed by atoms with Crippen LogP contribution in [0.5, 0.6) is 0 Å². The van der Waals surface area contributed by atoms with Crippen LogP contribution in [0, 0.1) is 6.92 Å². The van der Waals surface area contributed by atoms with Gasteiger partial charge in [0.15, 0.2) is 0 Å². The Balaban J connectivity index is 2.32. The van der Waals surface area contributed by atoms with Crippen molar-refractivity contribution in [3.05, 3.63) is 63.4 Å². The predicted molar refractivity (Wildman–Crippen MR) is 74.4 cm³/mol. The lowest BCUT2D eigenvalue weighted by atomic mass is 10.2. The zero-order valence-corrected chi connectivity index (χ0v) is 10.8. The molecule has 1 aromatic heterocycles. The molecule has 2 aromatic rings. The Bertz CT molecular complexity index is 542. The van der Waals surface area contributed by atoms with Crippen LogP contribution in [0.15, 0.2) is 36.4 Å². The van der Waals surface area contributed by atoms with Crippen molar-refractivity contribution in [1.29, 1.82) is 0 Å². The molecule has 0 radical (unpaired) electrons. The largest absolute Gasteiger partial charge is 0.254 e. The van der Waals surface area contributed by atoms with E-state index in [1.807, 2.05) is 55.5 Å². The standard InChI is InChI=1S/C14H11Cl2N/c1-10-4-2-5-11(17-10)8-9-12-13(15)6-3-7-14(12)16/h2-9H,1H3/b9-8+. The van der Waals surface area contributed by atoms with E-state index in [4.69, 9.17) is 23.2 Å². The van der Waals surface area contributed by atoms with E-state index >= 15 is 0 Å². The van der Waals surface area contributed by atoms with E-state index in [2.05, 4.69) is 4.98 Å². The third kappa shape index (κ3) is 3.09. The summed E-state index contributed by atoms with van der Waals surface area (Å²) in [5.74, 6) is 0. The Morgan fingerprint density at radius 3 is 2.24 bits per heavy atom. The van der Waals surface area contributed by atoms with E-state index < -0.39 is 0 Å². The van der Waals surface area contributed by atoms with Crippen molar-refractivity contribution in [2.75, 3.05) is 0 Å². The van der Waals surface area contributed by atoms with Crippen molar-refractivity contribution in [2.45, 2.75) is 6.92 Å². The summed E-state index contributed by atoms with van der Waals surface area (Å²) in [5, 5.41) is 1.28. The van der Waals surface area contributed by atoms with Gasteiger partial charge in [0.25, 0.3) is 0 Å². The van der Waals surface area contributed by atoms with E-state index in [-0.39, 0.29) is 0 Å². The highest BCUT2D eigenvalue weighted by molar-refractivity contribution is 6.37. The summed E-state index contributed by atoms with van der Waals surface area (Å²) in [4.78, 5) is 4.37. The van der Waals surface area contributed by atoms with E-state index in [9.17, 15) is 0 Å². The number of hydrogen-bond donors (Lipinski definition) is 0. The number of nitrogens with zero attached hydrogens (tertiary/aromatic N) is 1. The van der Waals surface area contributed by atoms with Gasteiger partial charge < -0.3 is 0 Å². The molecule has 3 heteroatoms. The molecule has 0 N–H and O–H groups in total. The molecule has 0 aliphatic carbocycles. The Morgan fingerprint density at radius 2 is 1.59 bits per heavy atom. The zero-order chi connectivity index (χ0) is 12.3. The molecule has 0 fully saturated rings. The van der Waals surface area contributed by atoms with E-state index in [1.165, 1.54) is 0 Å². The molecule has 0 saturated heterocycles. The number of aryl methyl sites for hydroxylation is 1. The number of aromatic nitrogens is 1. The SMILES string of the molecule is Cc1cccc(/C=C/c2c(Cl)cccc2Cl)n1. The molecule has 1 heterocycles. The van der Waals surface area contributed by atoms with Gasteiger partial charge in [0.1, 0.15) is 0 Å². The summed E-state index contributed by atoms with van der Waals surface area (Å²) in [6, 6.07) is 11.3. The molecule has 0 spiro atoms. The van der Waals surface area contributed by atoms with Gasteiger partial charge >= 0.3 is 0 Å². The number of pyridine rings is 1. The second kappa shape index (κ2) is 5.35. The topological polar surface area (TPSA) is 12.9 Å². The molecule has 0 aliphatic heterocycles. The van der Waals surface area contributed by atoms with E-state index in [1.54, 1.807) is 0 Å². The van der Waals surface area contributed by atoms with Crippen LogP contribution in [-0.4, -0.2) is 4.98 Å². The van der Waals surface area contributed by atoms with Crippen molar-refractivity contribution in [1.82, 2.24) is 4.98 Å². The van der Waals surface area contributed by atoms with Crippen LogP contribution in [0.2, 0.25) is 10.0 Å². The quantitative estimate of drug-likeness (QED) is 0.754. The molecule has 0 saturated carbocycles. The van der Waals surface area contributed by atoms with Gasteiger partial charge in [-0.25, -0.2) is 0 Å². The van der Waals surface area contributed by atoms with Crippen molar-refractivity contribution in [3.8, 4) is 0 Å². The highest BCUT2D eigenvalue weighted by Crippen LogP contribution is 2.26. The summed E-state index contributed by atoms with van der Waals surface area (Å²) < 4.78 is 0. The van der Waals surface area contributed by atoms with Crippen LogP contribution < -0.4 is 0 Å². The van der Waals surface area contributed by atoms with Crippen molar-refractivity contribution >= 4 is 35.4 Å². The van der Waals surface area contributed by atoms with Gasteiger partial charge in [0.2, 0.25) is 0 Å². The minimum Gasteiger partial charge on any atom is -0.254 e. The molecule has 2 rings (SSSR count). The monoisotopic (exact) mass is 263 g/mol. The highest BCUT2D eigenvalue weighted by Gasteiger charge is 2.01. The summed E-state index contributed by atoms with van der Waals surface area (Å²) in [6.07, 6.45) is 3.78. The molecular weight excluding hydrogens is 253 g/mol. The first-order chi connectivity index (χ1) is 8.16. The summed E-state index contributed by atoms with van der Waals surface area (Å²) >= 11 is 12.1. The molecule has 1 aromatic carbocycles. The lowest BCUT2D eigenvalue weighted by Crippen LogP contribution is -1.83. The van der Waals surface area contributed by atoms with Gasteiger partial charge in [-0.15, -0.1) is 0 Å². The fourth-order valence-electron chi connectivity index (χ4n) is 1.50. The molecule has 0 amide bonds. The maximum atomic E-state index is 6.07. The van der Waals surface area contributed by atoms with Crippen LogP contribution >= 0.6 is 23.2 Å². The maximum absolute atomic E-state index is 6.07. The number of rotatable bonds is 2. The minimum atomic E-state index is 0.640. The Kier molecular flexibility index (Phi) is 3.82. The fraction of sp³-hybridized carbons (Fsp3) is 0.0714. The van der Waals surface area contributed by atoms with Crippen LogP contribution in [0.4, 0.5) is 0 Å². The van der Waals surface area contributed by atoms with Gasteiger partial charge in [0, 0.05) is 21.3 Å². The summed E-state index contributed by atoms with van der Waals surface area (Å²) in [6.45, 7) is 1.96. The molecular formula is C14H11Cl2N. The first-order valence-corrected chi connectivity index (χ1v) is 5.98. The van der Waals surface area contributed by atoms with Crippen molar-refractivity contribution in [2.24, 2.45) is 0 Å². The number of halogens is 2. The molecule has 0 unspecified atom stereocenters. The lowest BCUT2D eigenvalue weighted by Gasteiger charge is -2.01. The molecule has 1 nitrogen and oxygen atoms in total. The second-order valence-corrected chi connectivity index (χ2v) is 4.49. The molecule has 0 aliphatic rings. The average Bonchev–Trinajstić information content (AvgIpc) is 2.28. The van der Waals surface area contributed by atoms with Crippen LogP contribution in [-0.2, 0) is 0 Å². The second-order valence-electron chi connectivity index (χ2n) is 3.67. The maximum Gasteiger partial charge on any atom is 0.0633 e. The Labute approximate surface area is 111 Å². The molecule has 86 valence electrons. The van der Waals surface area contributed by atoms with Gasteiger partial charge in [-0.3, -0.25) is 4.98 Å². The Hall–Kier alpha value is -1.31. The fourth-order valence-corrected chi connectivity index (χ4v) is 2.02. The first-order valence-electron chi connectivity index (χ1n) is 5.22. The molecule has 0 bridgehead atoms. The van der Waals surface area contributed by atoms with Crippen molar-refractivity contribution in [3.63, 3.8) is 0 Å². The Morgan fingerprint density at radius 1 is 0.941 bits per heavy atom. The molecule has 0 atom stereocenters. The van der Waals surface area contributed by atoms with Crippen LogP contribution in [0.25, 0.3) is 12.2 Å². The third-order valence-corrected chi connectivity index (χ3v) is 2.99. The summed E-state index contributed by atoms with van der Waals surface area (Å²) in [7, 11) is 0. The lowest BCUT2D eigenvalue weighted by molar-refractivity contribution is 1.18. The van der Waals surface area contributed by atoms with Crippen LogP contribution in [0.1, 0.15) is 17.0 Å². The van der Waals surface area contributed by atoms with E-state index in [0.717, 1.165) is 17.0 Å². The predicted octanol–water partition coefficient (Wildman–Crippen LogP) is 4.87. The number of hydrogen-bond acceptors (Lipinski definition) is 1. The zero-order valence-electron chi connectivity index (χ0n) is 9.32. The first kappa shape index (κ1) is 12.2. The normalized spacial score (nSPS) is 11.0. The highest BCUT2D eigenvalue weighted by atomic mass is 35.5.